The van der Waals surface area contributed by atoms with Crippen molar-refractivity contribution in [2.75, 3.05) is 0 Å². The minimum atomic E-state index is -0.0888. The zero-order valence-corrected chi connectivity index (χ0v) is 13.1. The number of aromatic nitrogens is 6. The van der Waals surface area contributed by atoms with Gasteiger partial charge >= 0.3 is 0 Å². The molecule has 0 aliphatic heterocycles. The summed E-state index contributed by atoms with van der Waals surface area (Å²) in [5.41, 5.74) is 4.00. The molecular formula is C16H13ClN6. The smallest absolute Gasteiger partial charge is 0.137 e. The Labute approximate surface area is 137 Å². The van der Waals surface area contributed by atoms with Crippen LogP contribution < -0.4 is 0 Å². The number of fused-ring (bicyclic) bond motifs is 1. The Morgan fingerprint density at radius 3 is 2.57 bits per heavy atom. The van der Waals surface area contributed by atoms with Crippen molar-refractivity contribution >= 4 is 22.6 Å². The maximum Gasteiger partial charge on any atom is 0.137 e. The lowest BCUT2D eigenvalue weighted by Gasteiger charge is -2.18. The molecule has 0 saturated carbocycles. The van der Waals surface area contributed by atoms with Gasteiger partial charge < -0.3 is 0 Å². The maximum atomic E-state index is 6.02. The highest BCUT2D eigenvalue weighted by Crippen LogP contribution is 2.28. The van der Waals surface area contributed by atoms with Gasteiger partial charge in [-0.05, 0) is 35.4 Å². The Hall–Kier alpha value is -2.73. The van der Waals surface area contributed by atoms with Gasteiger partial charge in [-0.3, -0.25) is 0 Å². The van der Waals surface area contributed by atoms with E-state index in [1.54, 1.807) is 11.0 Å². The lowest BCUT2D eigenvalue weighted by atomic mass is 9.98. The normalized spacial score (nSPS) is 12.6. The highest BCUT2D eigenvalue weighted by Gasteiger charge is 2.18. The lowest BCUT2D eigenvalue weighted by molar-refractivity contribution is 0.594. The molecule has 23 heavy (non-hydrogen) atoms. The Morgan fingerprint density at radius 2 is 1.83 bits per heavy atom. The van der Waals surface area contributed by atoms with Crippen LogP contribution in [-0.4, -0.2) is 29.8 Å². The number of hydrogen-bond acceptors (Lipinski definition) is 4. The number of halogens is 1. The molecule has 7 heteroatoms. The van der Waals surface area contributed by atoms with E-state index in [9.17, 15) is 0 Å². The van der Waals surface area contributed by atoms with Crippen LogP contribution in [0.5, 0.6) is 0 Å². The van der Waals surface area contributed by atoms with Crippen LogP contribution in [0.1, 0.15) is 17.2 Å². The number of nitrogens with zero attached hydrogens (tertiary/aromatic N) is 6. The minimum Gasteiger partial charge on any atom is -0.248 e. The van der Waals surface area contributed by atoms with Crippen molar-refractivity contribution in [2.24, 2.45) is 7.05 Å². The molecule has 1 atom stereocenters. The zero-order valence-electron chi connectivity index (χ0n) is 12.3. The van der Waals surface area contributed by atoms with Gasteiger partial charge in [0.05, 0.1) is 5.52 Å². The van der Waals surface area contributed by atoms with Gasteiger partial charge in [-0.2, -0.15) is 5.10 Å². The van der Waals surface area contributed by atoms with E-state index in [4.69, 9.17) is 11.6 Å². The van der Waals surface area contributed by atoms with E-state index in [0.717, 1.165) is 22.2 Å². The molecule has 2 aromatic carbocycles. The van der Waals surface area contributed by atoms with Gasteiger partial charge in [0, 0.05) is 12.1 Å². The Bertz CT molecular complexity index is 943. The van der Waals surface area contributed by atoms with E-state index in [0.29, 0.717) is 5.02 Å². The summed E-state index contributed by atoms with van der Waals surface area (Å²) in [4.78, 5) is 4.08. The molecule has 0 radical (unpaired) electrons. The van der Waals surface area contributed by atoms with Crippen LogP contribution in [0.15, 0.2) is 55.1 Å². The summed E-state index contributed by atoms with van der Waals surface area (Å²) in [6, 6.07) is 13.8. The molecule has 0 unspecified atom stereocenters. The molecule has 6 nitrogen and oxygen atoms in total. The fourth-order valence-corrected chi connectivity index (χ4v) is 2.84. The Morgan fingerprint density at radius 1 is 1.04 bits per heavy atom. The third-order valence-corrected chi connectivity index (χ3v) is 4.09. The van der Waals surface area contributed by atoms with Gasteiger partial charge in [0.1, 0.15) is 24.2 Å². The summed E-state index contributed by atoms with van der Waals surface area (Å²) in [5, 5.41) is 13.2. The highest BCUT2D eigenvalue weighted by atomic mass is 35.5. The van der Waals surface area contributed by atoms with E-state index in [1.165, 1.54) is 6.33 Å². The Kier molecular flexibility index (Phi) is 3.31. The average Bonchev–Trinajstić information content (AvgIpc) is 3.21. The molecule has 4 rings (SSSR count). The van der Waals surface area contributed by atoms with Crippen molar-refractivity contribution in [3.8, 4) is 0 Å². The van der Waals surface area contributed by atoms with E-state index in [1.807, 2.05) is 48.1 Å². The minimum absolute atomic E-state index is 0.0888. The van der Waals surface area contributed by atoms with Crippen LogP contribution in [0.25, 0.3) is 11.0 Å². The third kappa shape index (κ3) is 2.47. The number of hydrogen-bond donors (Lipinski definition) is 0. The van der Waals surface area contributed by atoms with Crippen molar-refractivity contribution < 1.29 is 0 Å². The van der Waals surface area contributed by atoms with E-state index >= 15 is 0 Å². The molecule has 0 aliphatic rings. The lowest BCUT2D eigenvalue weighted by Crippen LogP contribution is -2.13. The molecule has 0 spiro atoms. The molecule has 0 saturated heterocycles. The summed E-state index contributed by atoms with van der Waals surface area (Å²) in [6.07, 6.45) is 3.25. The SMILES string of the molecule is Cn1nnc2ccc([C@@H](c3ccc(Cl)cc3)n3cncn3)cc21. The van der Waals surface area contributed by atoms with Crippen molar-refractivity contribution in [2.45, 2.75) is 6.04 Å². The number of aryl methyl sites for hydroxylation is 1. The van der Waals surface area contributed by atoms with Crippen molar-refractivity contribution in [1.82, 2.24) is 29.8 Å². The largest absolute Gasteiger partial charge is 0.248 e. The van der Waals surface area contributed by atoms with Gasteiger partial charge in [0.25, 0.3) is 0 Å². The molecule has 4 aromatic rings. The van der Waals surface area contributed by atoms with Crippen LogP contribution in [-0.2, 0) is 7.05 Å². The Balaban J connectivity index is 1.89. The van der Waals surface area contributed by atoms with Crippen LogP contribution in [0.2, 0.25) is 5.02 Å². The summed E-state index contributed by atoms with van der Waals surface area (Å²) in [6.45, 7) is 0. The zero-order chi connectivity index (χ0) is 15.8. The fourth-order valence-electron chi connectivity index (χ4n) is 2.71. The summed E-state index contributed by atoms with van der Waals surface area (Å²) in [7, 11) is 1.88. The third-order valence-electron chi connectivity index (χ3n) is 3.84. The first-order valence-corrected chi connectivity index (χ1v) is 7.49. The standard InChI is InChI=1S/C16H13ClN6/c1-22-15-8-12(4-7-14(15)20-21-22)16(23-10-18-9-19-23)11-2-5-13(17)6-3-11/h2-10,16H,1H3/t16-/m1/s1. The summed E-state index contributed by atoms with van der Waals surface area (Å²) in [5.74, 6) is 0. The van der Waals surface area contributed by atoms with Gasteiger partial charge in [0.15, 0.2) is 0 Å². The molecule has 0 aliphatic carbocycles. The molecule has 0 N–H and O–H groups in total. The monoisotopic (exact) mass is 324 g/mol. The maximum absolute atomic E-state index is 6.02. The van der Waals surface area contributed by atoms with E-state index in [-0.39, 0.29) is 6.04 Å². The van der Waals surface area contributed by atoms with Crippen molar-refractivity contribution in [3.05, 3.63) is 71.3 Å². The molecular weight excluding hydrogens is 312 g/mol. The summed E-state index contributed by atoms with van der Waals surface area (Å²) < 4.78 is 3.59. The molecule has 114 valence electrons. The molecule has 0 amide bonds. The highest BCUT2D eigenvalue weighted by molar-refractivity contribution is 6.30. The second-order valence-corrected chi connectivity index (χ2v) is 5.73. The predicted octanol–water partition coefficient (Wildman–Crippen LogP) is 2.85. The van der Waals surface area contributed by atoms with Crippen LogP contribution >= 0.6 is 11.6 Å². The van der Waals surface area contributed by atoms with Crippen LogP contribution in [0.3, 0.4) is 0 Å². The van der Waals surface area contributed by atoms with E-state index in [2.05, 4.69) is 26.5 Å². The average molecular weight is 325 g/mol. The van der Waals surface area contributed by atoms with E-state index < -0.39 is 0 Å². The van der Waals surface area contributed by atoms with Gasteiger partial charge in [0.2, 0.25) is 0 Å². The molecule has 2 aromatic heterocycles. The number of benzene rings is 2. The van der Waals surface area contributed by atoms with Gasteiger partial charge in [-0.15, -0.1) is 5.10 Å². The first-order chi connectivity index (χ1) is 11.2. The van der Waals surface area contributed by atoms with Crippen molar-refractivity contribution in [3.63, 3.8) is 0 Å². The van der Waals surface area contributed by atoms with Gasteiger partial charge in [-0.25, -0.2) is 14.3 Å². The first kappa shape index (κ1) is 13.9. The summed E-state index contributed by atoms with van der Waals surface area (Å²) >= 11 is 6.02. The topological polar surface area (TPSA) is 61.4 Å². The number of rotatable bonds is 3. The predicted molar refractivity (Wildman–Crippen MR) is 87.2 cm³/mol. The van der Waals surface area contributed by atoms with Crippen LogP contribution in [0, 0.1) is 0 Å². The molecule has 2 heterocycles. The second kappa shape index (κ2) is 5.48. The van der Waals surface area contributed by atoms with Crippen LogP contribution in [0.4, 0.5) is 0 Å². The first-order valence-electron chi connectivity index (χ1n) is 7.11. The fraction of sp³-hybridized carbons (Fsp3) is 0.125. The van der Waals surface area contributed by atoms with Crippen molar-refractivity contribution in [1.29, 1.82) is 0 Å². The molecule has 0 bridgehead atoms. The second-order valence-electron chi connectivity index (χ2n) is 5.29. The molecule has 0 fully saturated rings. The van der Waals surface area contributed by atoms with Gasteiger partial charge in [-0.1, -0.05) is 35.0 Å². The quantitative estimate of drug-likeness (QED) is 0.581.